The monoisotopic (exact) mass is 281 g/mol. The molecule has 0 saturated heterocycles. The van der Waals surface area contributed by atoms with Crippen LogP contribution in [0.25, 0.3) is 0 Å². The molecule has 0 aliphatic heterocycles. The van der Waals surface area contributed by atoms with E-state index in [0.717, 1.165) is 18.5 Å². The zero-order valence-corrected chi connectivity index (χ0v) is 10.7. The van der Waals surface area contributed by atoms with Gasteiger partial charge in [-0.05, 0) is 18.9 Å². The molecule has 0 unspecified atom stereocenters. The van der Waals surface area contributed by atoms with Crippen molar-refractivity contribution in [2.24, 2.45) is 0 Å². The third kappa shape index (κ3) is 3.65. The van der Waals surface area contributed by atoms with Crippen molar-refractivity contribution in [2.75, 3.05) is 11.9 Å². The van der Waals surface area contributed by atoms with Gasteiger partial charge in [0.1, 0.15) is 12.0 Å². The number of aryl methyl sites for hydroxylation is 1. The number of aromatic nitrogens is 3. The second kappa shape index (κ2) is 6.14. The number of nitro groups is 1. The Morgan fingerprint density at radius 1 is 1.53 bits per heavy atom. The van der Waals surface area contributed by atoms with Crippen molar-refractivity contribution >= 4 is 23.1 Å². The largest absolute Gasteiger partial charge is 0.369 e. The Balaban J connectivity index is 1.84. The SMILES string of the molecule is O=[N+]([O-])c1cnc(NCCCc2ccn[nH]2)c(Cl)c1. The number of pyridine rings is 1. The van der Waals surface area contributed by atoms with E-state index < -0.39 is 4.92 Å². The summed E-state index contributed by atoms with van der Waals surface area (Å²) >= 11 is 5.91. The number of anilines is 1. The number of nitrogens with zero attached hydrogens (tertiary/aromatic N) is 3. The van der Waals surface area contributed by atoms with Crippen molar-refractivity contribution in [2.45, 2.75) is 12.8 Å². The molecule has 0 atom stereocenters. The molecule has 0 aliphatic carbocycles. The van der Waals surface area contributed by atoms with Crippen molar-refractivity contribution in [1.29, 1.82) is 0 Å². The number of hydrogen-bond donors (Lipinski definition) is 2. The molecule has 19 heavy (non-hydrogen) atoms. The highest BCUT2D eigenvalue weighted by molar-refractivity contribution is 6.33. The number of hydrogen-bond acceptors (Lipinski definition) is 5. The lowest BCUT2D eigenvalue weighted by Crippen LogP contribution is -2.05. The maximum atomic E-state index is 10.5. The molecule has 2 heterocycles. The van der Waals surface area contributed by atoms with E-state index in [0.29, 0.717) is 12.4 Å². The maximum Gasteiger partial charge on any atom is 0.289 e. The lowest BCUT2D eigenvalue weighted by molar-refractivity contribution is -0.385. The lowest BCUT2D eigenvalue weighted by Gasteiger charge is -2.06. The summed E-state index contributed by atoms with van der Waals surface area (Å²) in [7, 11) is 0. The standard InChI is InChI=1S/C11H12ClN5O2/c12-10-6-9(17(18)19)7-14-11(10)13-4-1-2-8-3-5-15-16-8/h3,5-7H,1-2,4H2,(H,13,14)(H,15,16). The molecule has 0 aliphatic rings. The third-order valence-electron chi connectivity index (χ3n) is 2.51. The first-order valence-corrected chi connectivity index (χ1v) is 6.06. The van der Waals surface area contributed by atoms with Crippen molar-refractivity contribution < 1.29 is 4.92 Å². The topological polar surface area (TPSA) is 96.7 Å². The zero-order valence-electron chi connectivity index (χ0n) is 9.97. The van der Waals surface area contributed by atoms with Gasteiger partial charge >= 0.3 is 0 Å². The summed E-state index contributed by atoms with van der Waals surface area (Å²) in [6.45, 7) is 0.670. The van der Waals surface area contributed by atoms with E-state index in [4.69, 9.17) is 11.6 Å². The summed E-state index contributed by atoms with van der Waals surface area (Å²) in [5.74, 6) is 0.455. The first-order chi connectivity index (χ1) is 9.16. The number of halogens is 1. The van der Waals surface area contributed by atoms with Gasteiger partial charge < -0.3 is 5.32 Å². The van der Waals surface area contributed by atoms with Gasteiger partial charge in [0.2, 0.25) is 0 Å². The van der Waals surface area contributed by atoms with Crippen LogP contribution in [0.1, 0.15) is 12.1 Å². The van der Waals surface area contributed by atoms with Crippen LogP contribution in [0.4, 0.5) is 11.5 Å². The molecule has 0 saturated carbocycles. The fourth-order valence-corrected chi connectivity index (χ4v) is 1.79. The molecule has 0 amide bonds. The smallest absolute Gasteiger partial charge is 0.289 e. The van der Waals surface area contributed by atoms with Crippen LogP contribution in [0.3, 0.4) is 0 Å². The maximum absolute atomic E-state index is 10.5. The molecular weight excluding hydrogens is 270 g/mol. The number of nitrogens with one attached hydrogen (secondary N) is 2. The Kier molecular flexibility index (Phi) is 4.30. The summed E-state index contributed by atoms with van der Waals surface area (Å²) in [4.78, 5) is 13.9. The van der Waals surface area contributed by atoms with Crippen LogP contribution in [0, 0.1) is 10.1 Å². The van der Waals surface area contributed by atoms with E-state index in [1.54, 1.807) is 6.20 Å². The molecule has 0 aromatic carbocycles. The van der Waals surface area contributed by atoms with Gasteiger partial charge in [0.05, 0.1) is 9.95 Å². The van der Waals surface area contributed by atoms with Gasteiger partial charge in [-0.2, -0.15) is 5.10 Å². The van der Waals surface area contributed by atoms with Crippen LogP contribution >= 0.6 is 11.6 Å². The predicted molar refractivity (Wildman–Crippen MR) is 71.3 cm³/mol. The Morgan fingerprint density at radius 3 is 3.00 bits per heavy atom. The van der Waals surface area contributed by atoms with Gasteiger partial charge in [-0.25, -0.2) is 4.98 Å². The molecule has 0 bridgehead atoms. The van der Waals surface area contributed by atoms with Gasteiger partial charge in [0, 0.05) is 24.5 Å². The highest BCUT2D eigenvalue weighted by Crippen LogP contribution is 2.23. The lowest BCUT2D eigenvalue weighted by atomic mass is 10.2. The summed E-state index contributed by atoms with van der Waals surface area (Å²) in [6.07, 6.45) is 4.62. The normalized spacial score (nSPS) is 10.4. The Hall–Kier alpha value is -2.15. The van der Waals surface area contributed by atoms with Gasteiger partial charge in [0.25, 0.3) is 5.69 Å². The quantitative estimate of drug-likeness (QED) is 0.481. The average molecular weight is 282 g/mol. The van der Waals surface area contributed by atoms with Crippen molar-refractivity contribution in [1.82, 2.24) is 15.2 Å². The minimum absolute atomic E-state index is 0.118. The van der Waals surface area contributed by atoms with E-state index in [1.807, 2.05) is 6.07 Å². The average Bonchev–Trinajstić information content (AvgIpc) is 2.89. The molecule has 0 radical (unpaired) electrons. The molecular formula is C11H12ClN5O2. The number of aromatic amines is 1. The van der Waals surface area contributed by atoms with Crippen LogP contribution in [0.5, 0.6) is 0 Å². The number of rotatable bonds is 6. The highest BCUT2D eigenvalue weighted by atomic mass is 35.5. The summed E-state index contributed by atoms with van der Waals surface area (Å²) in [5.41, 5.74) is 0.942. The minimum Gasteiger partial charge on any atom is -0.369 e. The first kappa shape index (κ1) is 13.3. The van der Waals surface area contributed by atoms with Crippen LogP contribution in [0.15, 0.2) is 24.5 Å². The van der Waals surface area contributed by atoms with Gasteiger partial charge in [-0.1, -0.05) is 11.6 Å². The second-order valence-corrected chi connectivity index (χ2v) is 4.30. The molecule has 0 fully saturated rings. The van der Waals surface area contributed by atoms with E-state index in [9.17, 15) is 10.1 Å². The molecule has 2 N–H and O–H groups in total. The molecule has 0 spiro atoms. The van der Waals surface area contributed by atoms with E-state index >= 15 is 0 Å². The Labute approximate surface area is 114 Å². The van der Waals surface area contributed by atoms with E-state index in [1.165, 1.54) is 12.3 Å². The van der Waals surface area contributed by atoms with Crippen molar-refractivity contribution in [3.63, 3.8) is 0 Å². The second-order valence-electron chi connectivity index (χ2n) is 3.89. The van der Waals surface area contributed by atoms with Crippen molar-refractivity contribution in [3.8, 4) is 0 Å². The molecule has 7 nitrogen and oxygen atoms in total. The molecule has 2 rings (SSSR count). The van der Waals surface area contributed by atoms with Gasteiger partial charge in [-0.15, -0.1) is 0 Å². The Morgan fingerprint density at radius 2 is 2.37 bits per heavy atom. The number of H-pyrrole nitrogens is 1. The molecule has 2 aromatic heterocycles. The minimum atomic E-state index is -0.527. The molecule has 2 aromatic rings. The van der Waals surface area contributed by atoms with Crippen molar-refractivity contribution in [3.05, 3.63) is 45.4 Å². The fourth-order valence-electron chi connectivity index (χ4n) is 1.57. The zero-order chi connectivity index (χ0) is 13.7. The van der Waals surface area contributed by atoms with Crippen LogP contribution in [-0.2, 0) is 6.42 Å². The summed E-state index contributed by atoms with van der Waals surface area (Å²) in [5, 5.41) is 20.6. The predicted octanol–water partition coefficient (Wildman–Crippen LogP) is 2.41. The highest BCUT2D eigenvalue weighted by Gasteiger charge is 2.10. The summed E-state index contributed by atoms with van der Waals surface area (Å²) in [6, 6.07) is 3.20. The van der Waals surface area contributed by atoms with Crippen LogP contribution in [-0.4, -0.2) is 26.6 Å². The van der Waals surface area contributed by atoms with Crippen LogP contribution < -0.4 is 5.32 Å². The third-order valence-corrected chi connectivity index (χ3v) is 2.80. The first-order valence-electron chi connectivity index (χ1n) is 5.69. The summed E-state index contributed by atoms with van der Waals surface area (Å²) < 4.78 is 0. The van der Waals surface area contributed by atoms with Crippen LogP contribution in [0.2, 0.25) is 5.02 Å². The van der Waals surface area contributed by atoms with E-state index in [-0.39, 0.29) is 10.7 Å². The Bertz CT molecular complexity index is 558. The fraction of sp³-hybridized carbons (Fsp3) is 0.273. The van der Waals surface area contributed by atoms with E-state index in [2.05, 4.69) is 20.5 Å². The van der Waals surface area contributed by atoms with Gasteiger partial charge in [0.15, 0.2) is 0 Å². The molecule has 8 heteroatoms. The molecule has 100 valence electrons. The van der Waals surface area contributed by atoms with Gasteiger partial charge in [-0.3, -0.25) is 15.2 Å².